The second-order valence-corrected chi connectivity index (χ2v) is 3.74. The maximum Gasteiger partial charge on any atom is 0.260 e. The molecule has 0 aliphatic heterocycles. The van der Waals surface area contributed by atoms with Crippen LogP contribution in [-0.2, 0) is 0 Å². The number of anilines is 2. The third kappa shape index (κ3) is 1.93. The summed E-state index contributed by atoms with van der Waals surface area (Å²) in [6.45, 7) is 1.71. The van der Waals surface area contributed by atoms with Gasteiger partial charge in [-0.05, 0) is 19.1 Å². The molecule has 0 atom stereocenters. The molecule has 0 saturated carbocycles. The molecule has 0 aliphatic rings. The van der Waals surface area contributed by atoms with Gasteiger partial charge in [0.05, 0.1) is 16.9 Å². The number of carbonyl (C=O) groups excluding carboxylic acids is 1. The highest BCUT2D eigenvalue weighted by Gasteiger charge is 2.16. The van der Waals surface area contributed by atoms with Crippen molar-refractivity contribution >= 4 is 17.4 Å². The lowest BCUT2D eigenvalue weighted by atomic mass is 10.1. The Hall–Kier alpha value is -2.70. The van der Waals surface area contributed by atoms with Gasteiger partial charge in [0.1, 0.15) is 0 Å². The molecule has 0 aliphatic carbocycles. The monoisotopic (exact) mass is 248 g/mol. The van der Waals surface area contributed by atoms with Crippen LogP contribution < -0.4 is 11.1 Å². The first-order valence-electron chi connectivity index (χ1n) is 5.13. The fourth-order valence-electron chi connectivity index (χ4n) is 1.42. The number of nitrogens with two attached hydrogens (primary N) is 1. The molecule has 18 heavy (non-hydrogen) atoms. The average molecular weight is 248 g/mol. The van der Waals surface area contributed by atoms with Crippen LogP contribution in [0.4, 0.5) is 11.5 Å². The zero-order valence-corrected chi connectivity index (χ0v) is 9.56. The van der Waals surface area contributed by atoms with Gasteiger partial charge >= 0.3 is 0 Å². The molecule has 7 nitrogen and oxygen atoms in total. The summed E-state index contributed by atoms with van der Waals surface area (Å²) in [5, 5.41) is 27.7. The van der Waals surface area contributed by atoms with E-state index in [1.54, 1.807) is 6.92 Å². The van der Waals surface area contributed by atoms with Crippen molar-refractivity contribution in [2.75, 3.05) is 11.1 Å². The fraction of sp³-hybridized carbons (Fsp3) is 0.0909. The summed E-state index contributed by atoms with van der Waals surface area (Å²) < 4.78 is 0. The van der Waals surface area contributed by atoms with Gasteiger partial charge in [-0.15, -0.1) is 0 Å². The van der Waals surface area contributed by atoms with Crippen molar-refractivity contribution in [2.24, 2.45) is 0 Å². The van der Waals surface area contributed by atoms with Crippen molar-refractivity contribution in [3.63, 3.8) is 0 Å². The Balaban J connectivity index is 2.28. The summed E-state index contributed by atoms with van der Waals surface area (Å²) in [5.74, 6) is -1.28. The summed E-state index contributed by atoms with van der Waals surface area (Å²) in [6, 6.07) is 4.10. The van der Waals surface area contributed by atoms with Crippen LogP contribution in [0, 0.1) is 6.92 Å². The second-order valence-electron chi connectivity index (χ2n) is 3.74. The molecule has 1 aromatic carbocycles. The number of benzene rings is 1. The van der Waals surface area contributed by atoms with Gasteiger partial charge in [-0.1, -0.05) is 6.07 Å². The first-order chi connectivity index (χ1) is 8.50. The van der Waals surface area contributed by atoms with Crippen molar-refractivity contribution < 1.29 is 15.0 Å². The molecule has 1 aromatic heterocycles. The molecule has 0 saturated heterocycles. The van der Waals surface area contributed by atoms with Gasteiger partial charge in [-0.2, -0.15) is 5.10 Å². The Morgan fingerprint density at radius 2 is 2.17 bits per heavy atom. The highest BCUT2D eigenvalue weighted by atomic mass is 16.3. The van der Waals surface area contributed by atoms with Crippen molar-refractivity contribution in [2.45, 2.75) is 6.92 Å². The van der Waals surface area contributed by atoms with Crippen molar-refractivity contribution in [3.8, 4) is 11.5 Å². The first kappa shape index (κ1) is 11.8. The number of amides is 1. The van der Waals surface area contributed by atoms with Gasteiger partial charge in [0.2, 0.25) is 0 Å². The number of aromatic amines is 1. The first-order valence-corrected chi connectivity index (χ1v) is 5.13. The number of hydrogen-bond donors (Lipinski definition) is 5. The SMILES string of the molecule is Cc1[nH]nc(NC(=O)c2cccc(O)c2O)c1N. The van der Waals surface area contributed by atoms with E-state index in [4.69, 9.17) is 5.73 Å². The zero-order valence-electron chi connectivity index (χ0n) is 9.56. The van der Waals surface area contributed by atoms with E-state index in [0.29, 0.717) is 11.4 Å². The number of aromatic hydroxyl groups is 2. The minimum absolute atomic E-state index is 0.0601. The Morgan fingerprint density at radius 3 is 2.78 bits per heavy atom. The van der Waals surface area contributed by atoms with Crippen LogP contribution in [0.15, 0.2) is 18.2 Å². The van der Waals surface area contributed by atoms with Crippen LogP contribution in [0.25, 0.3) is 0 Å². The van der Waals surface area contributed by atoms with Crippen molar-refractivity contribution in [1.29, 1.82) is 0 Å². The third-order valence-electron chi connectivity index (χ3n) is 2.49. The Labute approximate surface area is 102 Å². The fourth-order valence-corrected chi connectivity index (χ4v) is 1.42. The zero-order chi connectivity index (χ0) is 13.3. The molecule has 0 fully saturated rings. The van der Waals surface area contributed by atoms with E-state index in [-0.39, 0.29) is 17.1 Å². The molecule has 7 heteroatoms. The molecule has 6 N–H and O–H groups in total. The number of nitrogens with zero attached hydrogens (tertiary/aromatic N) is 1. The van der Waals surface area contributed by atoms with Gasteiger partial charge in [0.15, 0.2) is 17.3 Å². The molecule has 94 valence electrons. The van der Waals surface area contributed by atoms with E-state index in [2.05, 4.69) is 15.5 Å². The number of aromatic nitrogens is 2. The minimum atomic E-state index is -0.610. The maximum atomic E-state index is 11.9. The van der Waals surface area contributed by atoms with Crippen LogP contribution in [0.3, 0.4) is 0 Å². The molecule has 0 spiro atoms. The van der Waals surface area contributed by atoms with E-state index in [0.717, 1.165) is 0 Å². The molecule has 0 unspecified atom stereocenters. The number of nitrogens with one attached hydrogen (secondary N) is 2. The number of rotatable bonds is 2. The van der Waals surface area contributed by atoms with Crippen molar-refractivity contribution in [3.05, 3.63) is 29.5 Å². The molecule has 2 aromatic rings. The summed E-state index contributed by atoms with van der Waals surface area (Å²) >= 11 is 0. The summed E-state index contributed by atoms with van der Waals surface area (Å²) in [5.41, 5.74) is 6.57. The van der Waals surface area contributed by atoms with Gasteiger partial charge in [-0.3, -0.25) is 9.89 Å². The van der Waals surface area contributed by atoms with Gasteiger partial charge in [-0.25, -0.2) is 0 Å². The molecule has 0 bridgehead atoms. The standard InChI is InChI=1S/C11H12N4O3/c1-5-8(12)10(15-14-5)13-11(18)6-3-2-4-7(16)9(6)17/h2-4,16-17H,12H2,1H3,(H2,13,14,15,18). The van der Waals surface area contributed by atoms with Gasteiger partial charge in [0.25, 0.3) is 5.91 Å². The number of carbonyl (C=O) groups is 1. The lowest BCUT2D eigenvalue weighted by molar-refractivity contribution is 0.102. The lowest BCUT2D eigenvalue weighted by Crippen LogP contribution is -2.13. The number of phenols is 2. The van der Waals surface area contributed by atoms with E-state index >= 15 is 0 Å². The molecule has 0 radical (unpaired) electrons. The minimum Gasteiger partial charge on any atom is -0.504 e. The lowest BCUT2D eigenvalue weighted by Gasteiger charge is -2.06. The summed E-state index contributed by atoms with van der Waals surface area (Å²) in [4.78, 5) is 11.9. The quantitative estimate of drug-likeness (QED) is 0.506. The highest BCUT2D eigenvalue weighted by Crippen LogP contribution is 2.29. The Bertz CT molecular complexity index is 606. The van der Waals surface area contributed by atoms with E-state index in [1.165, 1.54) is 18.2 Å². The molecular weight excluding hydrogens is 236 g/mol. The number of aryl methyl sites for hydroxylation is 1. The normalized spacial score (nSPS) is 10.3. The van der Waals surface area contributed by atoms with Crippen molar-refractivity contribution in [1.82, 2.24) is 10.2 Å². The maximum absolute atomic E-state index is 11.9. The predicted molar refractivity (Wildman–Crippen MR) is 65.5 cm³/mol. The number of H-pyrrole nitrogens is 1. The predicted octanol–water partition coefficient (Wildman–Crippen LogP) is 0.964. The Morgan fingerprint density at radius 1 is 1.44 bits per heavy atom. The summed E-state index contributed by atoms with van der Waals surface area (Å²) in [7, 11) is 0. The average Bonchev–Trinajstić information content (AvgIpc) is 2.64. The van der Waals surface area contributed by atoms with Crippen LogP contribution in [0.1, 0.15) is 16.1 Å². The van der Waals surface area contributed by atoms with Crippen LogP contribution >= 0.6 is 0 Å². The smallest absolute Gasteiger partial charge is 0.260 e. The van der Waals surface area contributed by atoms with Gasteiger partial charge in [0, 0.05) is 0 Å². The number of nitrogen functional groups attached to an aromatic ring is 1. The molecular formula is C11H12N4O3. The molecule has 1 heterocycles. The van der Waals surface area contributed by atoms with Gasteiger partial charge < -0.3 is 21.3 Å². The van der Waals surface area contributed by atoms with Crippen LogP contribution in [-0.4, -0.2) is 26.3 Å². The van der Waals surface area contributed by atoms with Crippen LogP contribution in [0.5, 0.6) is 11.5 Å². The van der Waals surface area contributed by atoms with Crippen LogP contribution in [0.2, 0.25) is 0 Å². The molecule has 2 rings (SSSR count). The largest absolute Gasteiger partial charge is 0.504 e. The number of hydrogen-bond acceptors (Lipinski definition) is 5. The van der Waals surface area contributed by atoms with E-state index < -0.39 is 11.7 Å². The van der Waals surface area contributed by atoms with E-state index in [9.17, 15) is 15.0 Å². The third-order valence-corrected chi connectivity index (χ3v) is 2.49. The number of phenolic OH excluding ortho intramolecular Hbond substituents is 2. The van der Waals surface area contributed by atoms with E-state index in [1.807, 2.05) is 0 Å². The molecule has 1 amide bonds. The topological polar surface area (TPSA) is 124 Å². The highest BCUT2D eigenvalue weighted by molar-refractivity contribution is 6.07. The Kier molecular flexibility index (Phi) is 2.80. The number of para-hydroxylation sites is 1. The second kappa shape index (κ2) is 4.28. The summed E-state index contributed by atoms with van der Waals surface area (Å²) in [6.07, 6.45) is 0.